The number of nitrogens with zero attached hydrogens (tertiary/aromatic N) is 2. The molecule has 0 aliphatic carbocycles. The molecule has 1 aromatic heterocycles. The third kappa shape index (κ3) is 4.04. The Bertz CT molecular complexity index is 977. The zero-order valence-electron chi connectivity index (χ0n) is 12.4. The van der Waals surface area contributed by atoms with Crippen LogP contribution in [0.5, 0.6) is 0 Å². The van der Waals surface area contributed by atoms with Crippen LogP contribution in [0.25, 0.3) is 11.3 Å². The third-order valence-electron chi connectivity index (χ3n) is 3.25. The number of thiazole rings is 1. The zero-order valence-corrected chi connectivity index (χ0v) is 15.6. The lowest BCUT2D eigenvalue weighted by Crippen LogP contribution is -2.13. The molecule has 0 unspecified atom stereocenters. The molecule has 0 aliphatic heterocycles. The maximum atomic E-state index is 12.4. The summed E-state index contributed by atoms with van der Waals surface area (Å²) in [7, 11) is 0. The Balaban J connectivity index is 1.84. The first kappa shape index (κ1) is 17.5. The van der Waals surface area contributed by atoms with Crippen LogP contribution >= 0.6 is 38.9 Å². The van der Waals surface area contributed by atoms with Gasteiger partial charge >= 0.3 is 0 Å². The highest BCUT2D eigenvalue weighted by molar-refractivity contribution is 9.10. The van der Waals surface area contributed by atoms with Gasteiger partial charge in [0, 0.05) is 26.5 Å². The molecular weight excluding hydrogens is 430 g/mol. The van der Waals surface area contributed by atoms with Crippen molar-refractivity contribution >= 4 is 55.6 Å². The van der Waals surface area contributed by atoms with Gasteiger partial charge in [0.25, 0.3) is 11.6 Å². The van der Waals surface area contributed by atoms with Crippen LogP contribution in [0.1, 0.15) is 10.4 Å². The van der Waals surface area contributed by atoms with E-state index in [2.05, 4.69) is 26.2 Å². The van der Waals surface area contributed by atoms with Gasteiger partial charge < -0.3 is 0 Å². The number of aromatic nitrogens is 1. The first-order valence-electron chi connectivity index (χ1n) is 6.91. The number of amides is 1. The van der Waals surface area contributed by atoms with Gasteiger partial charge in [0.05, 0.1) is 10.6 Å². The van der Waals surface area contributed by atoms with E-state index >= 15 is 0 Å². The number of nitro benzene ring substituents is 1. The summed E-state index contributed by atoms with van der Waals surface area (Å²) < 4.78 is 0.917. The van der Waals surface area contributed by atoms with Crippen LogP contribution < -0.4 is 5.32 Å². The zero-order chi connectivity index (χ0) is 18.0. The second-order valence-corrected chi connectivity index (χ2v) is 7.13. The molecule has 1 N–H and O–H groups in total. The molecule has 0 saturated heterocycles. The van der Waals surface area contributed by atoms with Crippen LogP contribution in [0, 0.1) is 10.1 Å². The predicted octanol–water partition coefficient (Wildman–Crippen LogP) is 5.39. The molecule has 0 bridgehead atoms. The maximum absolute atomic E-state index is 12.4. The molecule has 3 aromatic rings. The first-order chi connectivity index (χ1) is 11.9. The molecule has 0 saturated carbocycles. The summed E-state index contributed by atoms with van der Waals surface area (Å²) in [6.45, 7) is 0. The van der Waals surface area contributed by atoms with Crippen molar-refractivity contribution in [1.82, 2.24) is 4.98 Å². The number of halogens is 2. The third-order valence-corrected chi connectivity index (χ3v) is 4.73. The van der Waals surface area contributed by atoms with E-state index in [4.69, 9.17) is 11.6 Å². The van der Waals surface area contributed by atoms with E-state index in [0.717, 1.165) is 16.1 Å². The monoisotopic (exact) mass is 437 g/mol. The molecule has 2 aromatic carbocycles. The van der Waals surface area contributed by atoms with Gasteiger partial charge in [0.15, 0.2) is 5.13 Å². The SMILES string of the molecule is O=C(Nc1nc(-c2cccc(Br)c2)cs1)c1ccc(Cl)cc1[N+](=O)[O-]. The average molecular weight is 439 g/mol. The van der Waals surface area contributed by atoms with Gasteiger partial charge in [-0.15, -0.1) is 11.3 Å². The highest BCUT2D eigenvalue weighted by Crippen LogP contribution is 2.28. The predicted molar refractivity (Wildman–Crippen MR) is 101 cm³/mol. The summed E-state index contributed by atoms with van der Waals surface area (Å²) in [5, 5.41) is 16.0. The molecular formula is C16H9BrClN3O3S. The lowest BCUT2D eigenvalue weighted by atomic mass is 10.1. The molecule has 0 aliphatic rings. The van der Waals surface area contributed by atoms with Crippen LogP contribution in [0.4, 0.5) is 10.8 Å². The fourth-order valence-corrected chi connectivity index (χ4v) is 3.40. The number of carbonyl (C=O) groups is 1. The molecule has 0 fully saturated rings. The Labute approximate surface area is 159 Å². The second kappa shape index (κ2) is 7.30. The Kier molecular flexibility index (Phi) is 5.12. The number of carbonyl (C=O) groups excluding carboxylic acids is 1. The summed E-state index contributed by atoms with van der Waals surface area (Å²) in [6.07, 6.45) is 0. The van der Waals surface area contributed by atoms with Crippen molar-refractivity contribution in [1.29, 1.82) is 0 Å². The number of hydrogen-bond acceptors (Lipinski definition) is 5. The van der Waals surface area contributed by atoms with E-state index in [9.17, 15) is 14.9 Å². The molecule has 6 nitrogen and oxygen atoms in total. The summed E-state index contributed by atoms with van der Waals surface area (Å²) >= 11 is 10.4. The van der Waals surface area contributed by atoms with E-state index < -0.39 is 10.8 Å². The van der Waals surface area contributed by atoms with Crippen LogP contribution in [-0.2, 0) is 0 Å². The smallest absolute Gasteiger partial charge is 0.283 e. The van der Waals surface area contributed by atoms with Gasteiger partial charge in [0.1, 0.15) is 5.56 Å². The average Bonchev–Trinajstić information content (AvgIpc) is 3.03. The summed E-state index contributed by atoms with van der Waals surface area (Å²) in [5.41, 5.74) is 1.16. The van der Waals surface area contributed by atoms with E-state index in [1.165, 1.54) is 23.5 Å². The first-order valence-corrected chi connectivity index (χ1v) is 8.96. The van der Waals surface area contributed by atoms with Crippen LogP contribution in [-0.4, -0.2) is 15.8 Å². The Morgan fingerprint density at radius 2 is 2.08 bits per heavy atom. The molecule has 126 valence electrons. The number of benzene rings is 2. The van der Waals surface area contributed by atoms with Gasteiger partial charge in [-0.3, -0.25) is 20.2 Å². The van der Waals surface area contributed by atoms with Gasteiger partial charge in [-0.2, -0.15) is 0 Å². The van der Waals surface area contributed by atoms with Crippen LogP contribution in [0.2, 0.25) is 5.02 Å². The van der Waals surface area contributed by atoms with Crippen molar-refractivity contribution in [3.05, 3.63) is 73.0 Å². The minimum atomic E-state index is -0.643. The van der Waals surface area contributed by atoms with E-state index in [1.54, 1.807) is 5.38 Å². The summed E-state index contributed by atoms with van der Waals surface area (Å²) in [4.78, 5) is 27.2. The topological polar surface area (TPSA) is 85.1 Å². The standard InChI is InChI=1S/C16H9BrClN3O3S/c17-10-3-1-2-9(6-10)13-8-25-16(19-13)20-15(22)12-5-4-11(18)7-14(12)21(23)24/h1-8H,(H,19,20,22). The fourth-order valence-electron chi connectivity index (χ4n) is 2.12. The number of anilines is 1. The number of nitro groups is 1. The van der Waals surface area contributed by atoms with Gasteiger partial charge in [0.2, 0.25) is 0 Å². The van der Waals surface area contributed by atoms with Crippen molar-refractivity contribution in [3.8, 4) is 11.3 Å². The molecule has 9 heteroatoms. The number of hydrogen-bond donors (Lipinski definition) is 1. The van der Waals surface area contributed by atoms with E-state index in [1.807, 2.05) is 24.3 Å². The van der Waals surface area contributed by atoms with Gasteiger partial charge in [-0.1, -0.05) is 39.7 Å². The molecule has 3 rings (SSSR count). The molecule has 1 amide bonds. The van der Waals surface area contributed by atoms with E-state index in [0.29, 0.717) is 10.8 Å². The van der Waals surface area contributed by atoms with Crippen molar-refractivity contribution in [2.75, 3.05) is 5.32 Å². The van der Waals surface area contributed by atoms with Crippen LogP contribution in [0.15, 0.2) is 52.3 Å². The highest BCUT2D eigenvalue weighted by Gasteiger charge is 2.21. The van der Waals surface area contributed by atoms with E-state index in [-0.39, 0.29) is 16.3 Å². The minimum absolute atomic E-state index is 0.0754. The Hall–Kier alpha value is -2.29. The largest absolute Gasteiger partial charge is 0.298 e. The number of rotatable bonds is 4. The molecule has 0 atom stereocenters. The molecule has 0 radical (unpaired) electrons. The van der Waals surface area contributed by atoms with Crippen molar-refractivity contribution in [2.45, 2.75) is 0 Å². The second-order valence-electron chi connectivity index (χ2n) is 4.92. The fraction of sp³-hybridized carbons (Fsp3) is 0. The van der Waals surface area contributed by atoms with Gasteiger partial charge in [-0.05, 0) is 24.3 Å². The Morgan fingerprint density at radius 1 is 1.28 bits per heavy atom. The summed E-state index contributed by atoms with van der Waals surface area (Å²) in [5.74, 6) is -0.612. The number of nitrogens with one attached hydrogen (secondary N) is 1. The lowest BCUT2D eigenvalue weighted by Gasteiger charge is -2.03. The highest BCUT2D eigenvalue weighted by atomic mass is 79.9. The summed E-state index contributed by atoms with van der Waals surface area (Å²) in [6, 6.07) is 11.5. The quantitative estimate of drug-likeness (QED) is 0.437. The minimum Gasteiger partial charge on any atom is -0.298 e. The maximum Gasteiger partial charge on any atom is 0.283 e. The van der Waals surface area contributed by atoms with Crippen molar-refractivity contribution in [2.24, 2.45) is 0 Å². The molecule has 0 spiro atoms. The molecule has 1 heterocycles. The Morgan fingerprint density at radius 3 is 2.80 bits per heavy atom. The lowest BCUT2D eigenvalue weighted by molar-refractivity contribution is -0.385. The molecule has 25 heavy (non-hydrogen) atoms. The normalized spacial score (nSPS) is 10.5. The van der Waals surface area contributed by atoms with Crippen molar-refractivity contribution < 1.29 is 9.72 Å². The van der Waals surface area contributed by atoms with Crippen molar-refractivity contribution in [3.63, 3.8) is 0 Å². The van der Waals surface area contributed by atoms with Gasteiger partial charge in [-0.25, -0.2) is 4.98 Å². The van der Waals surface area contributed by atoms with Crippen LogP contribution in [0.3, 0.4) is 0 Å².